The van der Waals surface area contributed by atoms with Crippen molar-refractivity contribution in [3.63, 3.8) is 0 Å². The summed E-state index contributed by atoms with van der Waals surface area (Å²) in [6.07, 6.45) is 2.72. The molecule has 1 aliphatic heterocycles. The molecule has 0 saturated heterocycles. The lowest BCUT2D eigenvalue weighted by atomic mass is 9.72. The number of ketones is 1. The summed E-state index contributed by atoms with van der Waals surface area (Å²) in [7, 11) is 0. The summed E-state index contributed by atoms with van der Waals surface area (Å²) in [5.74, 6) is 0.591. The number of anilines is 1. The highest BCUT2D eigenvalue weighted by atomic mass is 32.1. The number of carbonyl (C=O) groups excluding carboxylic acids is 1. The fourth-order valence-electron chi connectivity index (χ4n) is 4.35. The number of fused-ring (bicyclic) bond motifs is 2. The number of hydrogen-bond acceptors (Lipinski definition) is 6. The van der Waals surface area contributed by atoms with Crippen molar-refractivity contribution in [1.82, 2.24) is 10.3 Å². The predicted molar refractivity (Wildman–Crippen MR) is 123 cm³/mol. The molecule has 2 heterocycles. The molecule has 0 amide bonds. The van der Waals surface area contributed by atoms with E-state index < -0.39 is 0 Å². The third-order valence-electron chi connectivity index (χ3n) is 5.61. The van der Waals surface area contributed by atoms with Gasteiger partial charge in [-0.3, -0.25) is 4.79 Å². The topological polar surface area (TPSA) is 66.4 Å². The van der Waals surface area contributed by atoms with Crippen molar-refractivity contribution in [3.8, 4) is 0 Å². The zero-order valence-electron chi connectivity index (χ0n) is 17.3. The van der Waals surface area contributed by atoms with Gasteiger partial charge in [0.2, 0.25) is 5.96 Å². The van der Waals surface area contributed by atoms with Gasteiger partial charge in [0.15, 0.2) is 5.13 Å². The quantitative estimate of drug-likeness (QED) is 0.601. The van der Waals surface area contributed by atoms with Crippen molar-refractivity contribution in [2.45, 2.75) is 33.2 Å². The molecule has 3 aromatic rings. The number of benzene rings is 2. The third-order valence-corrected chi connectivity index (χ3v) is 6.56. The van der Waals surface area contributed by atoms with Crippen LogP contribution in [0.3, 0.4) is 0 Å². The second kappa shape index (κ2) is 7.06. The van der Waals surface area contributed by atoms with Crippen molar-refractivity contribution in [1.29, 1.82) is 0 Å². The molecule has 0 saturated carbocycles. The number of rotatable bonds is 2. The zero-order chi connectivity index (χ0) is 20.9. The van der Waals surface area contributed by atoms with Crippen LogP contribution < -0.4 is 10.6 Å². The molecule has 5 nitrogen and oxygen atoms in total. The van der Waals surface area contributed by atoms with E-state index in [2.05, 4.69) is 66.7 Å². The molecule has 30 heavy (non-hydrogen) atoms. The number of para-hydroxylation sites is 1. The molecule has 2 aliphatic rings. The van der Waals surface area contributed by atoms with Gasteiger partial charge < -0.3 is 10.6 Å². The molecule has 1 aromatic heterocycles. The Kier molecular flexibility index (Phi) is 4.47. The van der Waals surface area contributed by atoms with E-state index in [1.165, 1.54) is 0 Å². The molecule has 5 rings (SSSR count). The molecule has 0 radical (unpaired) electrons. The lowest BCUT2D eigenvalue weighted by Crippen LogP contribution is -2.45. The second-order valence-electron chi connectivity index (χ2n) is 8.78. The summed E-state index contributed by atoms with van der Waals surface area (Å²) >= 11 is 1.59. The maximum Gasteiger partial charge on any atom is 0.202 e. The first-order valence-corrected chi connectivity index (χ1v) is 11.0. The highest BCUT2D eigenvalue weighted by Gasteiger charge is 2.42. The average Bonchev–Trinajstić information content (AvgIpc) is 3.08. The minimum Gasteiger partial charge on any atom is -0.329 e. The highest BCUT2D eigenvalue weighted by Crippen LogP contribution is 2.42. The number of hydrogen-bond donors (Lipinski definition) is 2. The largest absolute Gasteiger partial charge is 0.329 e. The van der Waals surface area contributed by atoms with Crippen LogP contribution in [0.25, 0.3) is 10.2 Å². The van der Waals surface area contributed by atoms with Gasteiger partial charge in [0, 0.05) is 12.1 Å². The van der Waals surface area contributed by atoms with Crippen molar-refractivity contribution in [2.75, 3.05) is 5.32 Å². The normalized spacial score (nSPS) is 22.7. The molecule has 0 unspecified atom stereocenters. The Hall–Kier alpha value is -2.99. The zero-order valence-corrected chi connectivity index (χ0v) is 18.1. The number of nitrogens with one attached hydrogen (secondary N) is 2. The number of guanidine groups is 1. The monoisotopic (exact) mass is 416 g/mol. The average molecular weight is 417 g/mol. The van der Waals surface area contributed by atoms with Gasteiger partial charge >= 0.3 is 0 Å². The molecule has 2 atom stereocenters. The minimum absolute atomic E-state index is 0.175. The van der Waals surface area contributed by atoms with Crippen LogP contribution in [0.15, 0.2) is 65.3 Å². The van der Waals surface area contributed by atoms with Crippen LogP contribution in [0.2, 0.25) is 0 Å². The van der Waals surface area contributed by atoms with E-state index in [-0.39, 0.29) is 23.2 Å². The smallest absolute Gasteiger partial charge is 0.202 e. The third kappa shape index (κ3) is 3.52. The molecule has 152 valence electrons. The van der Waals surface area contributed by atoms with Gasteiger partial charge in [-0.05, 0) is 30.0 Å². The minimum atomic E-state index is -0.277. The molecule has 0 bridgehead atoms. The lowest BCUT2D eigenvalue weighted by molar-refractivity contribution is -0.124. The van der Waals surface area contributed by atoms with Crippen molar-refractivity contribution < 1.29 is 4.79 Å². The molecule has 0 fully saturated rings. The highest BCUT2D eigenvalue weighted by molar-refractivity contribution is 7.22. The van der Waals surface area contributed by atoms with Crippen LogP contribution >= 0.6 is 11.3 Å². The molecular weight excluding hydrogens is 392 g/mol. The second-order valence-corrected chi connectivity index (χ2v) is 9.81. The van der Waals surface area contributed by atoms with Gasteiger partial charge in [0.1, 0.15) is 5.78 Å². The fourth-order valence-corrected chi connectivity index (χ4v) is 5.21. The first-order chi connectivity index (χ1) is 14.4. The first-order valence-electron chi connectivity index (χ1n) is 10.2. The molecule has 2 aromatic carbocycles. The van der Waals surface area contributed by atoms with Crippen LogP contribution in [0.5, 0.6) is 0 Å². The Morgan fingerprint density at radius 3 is 2.80 bits per heavy atom. The molecular formula is C24H24N4OS. The van der Waals surface area contributed by atoms with E-state index >= 15 is 0 Å². The Morgan fingerprint density at radius 1 is 1.17 bits per heavy atom. The SMILES string of the molecule is Cc1cccc([C@H]2N=C(Nc3nc4ccccc4s3)NC3=CC(C)(C)CC(=O)[C@@H]32)c1. The Balaban J connectivity index is 1.56. The maximum atomic E-state index is 13.1. The van der Waals surface area contributed by atoms with Gasteiger partial charge in [0.25, 0.3) is 0 Å². The summed E-state index contributed by atoms with van der Waals surface area (Å²) in [5.41, 5.74) is 3.94. The Morgan fingerprint density at radius 2 is 2.00 bits per heavy atom. The summed E-state index contributed by atoms with van der Waals surface area (Å²) in [5, 5.41) is 7.53. The van der Waals surface area contributed by atoms with Gasteiger partial charge in [0.05, 0.1) is 22.2 Å². The fraction of sp³-hybridized carbons (Fsp3) is 0.292. The van der Waals surface area contributed by atoms with E-state index in [4.69, 9.17) is 4.99 Å². The van der Waals surface area contributed by atoms with Gasteiger partial charge in [-0.1, -0.05) is 73.2 Å². The summed E-state index contributed by atoms with van der Waals surface area (Å²) in [6.45, 7) is 6.27. The predicted octanol–water partition coefficient (Wildman–Crippen LogP) is 5.22. The molecule has 2 N–H and O–H groups in total. The van der Waals surface area contributed by atoms with Crippen LogP contribution in [0.4, 0.5) is 5.13 Å². The number of Topliss-reactive ketones (excluding diaryl/α,β-unsaturated/α-hetero) is 1. The number of allylic oxidation sites excluding steroid dienone is 1. The number of aryl methyl sites for hydroxylation is 1. The summed E-state index contributed by atoms with van der Waals surface area (Å²) in [6, 6.07) is 16.1. The van der Waals surface area contributed by atoms with E-state index in [9.17, 15) is 4.79 Å². The van der Waals surface area contributed by atoms with E-state index in [1.54, 1.807) is 11.3 Å². The standard InChI is InChI=1S/C24H24N4OS/c1-14-7-6-8-15(11-14)21-20-17(12-24(2,3)13-18(20)29)25-22(27-21)28-23-26-16-9-4-5-10-19(16)30-23/h4-12,20-21H,13H2,1-3H3,(H2,25,26,27,28)/t20-,21-/m1/s1. The van der Waals surface area contributed by atoms with E-state index in [0.717, 1.165) is 32.2 Å². The van der Waals surface area contributed by atoms with Gasteiger partial charge in [-0.2, -0.15) is 0 Å². The van der Waals surface area contributed by atoms with Crippen LogP contribution in [-0.4, -0.2) is 16.7 Å². The summed E-state index contributed by atoms with van der Waals surface area (Å²) < 4.78 is 1.12. The van der Waals surface area contributed by atoms with Gasteiger partial charge in [-0.15, -0.1) is 0 Å². The maximum absolute atomic E-state index is 13.1. The van der Waals surface area contributed by atoms with Crippen molar-refractivity contribution >= 4 is 38.4 Å². The van der Waals surface area contributed by atoms with Crippen LogP contribution in [0, 0.1) is 18.3 Å². The molecule has 0 spiro atoms. The Labute approximate surface area is 179 Å². The molecule has 6 heteroatoms. The van der Waals surface area contributed by atoms with Crippen molar-refractivity contribution in [3.05, 3.63) is 71.4 Å². The lowest BCUT2D eigenvalue weighted by Gasteiger charge is -2.38. The number of aliphatic imine (C=N–C) groups is 1. The van der Waals surface area contributed by atoms with Crippen LogP contribution in [-0.2, 0) is 4.79 Å². The van der Waals surface area contributed by atoms with E-state index in [0.29, 0.717) is 12.4 Å². The van der Waals surface area contributed by atoms with Crippen LogP contribution in [0.1, 0.15) is 37.4 Å². The summed E-state index contributed by atoms with van der Waals surface area (Å²) in [4.78, 5) is 22.7. The molecule has 1 aliphatic carbocycles. The number of aromatic nitrogens is 1. The number of thiazole rings is 1. The van der Waals surface area contributed by atoms with Gasteiger partial charge in [-0.25, -0.2) is 9.98 Å². The Bertz CT molecular complexity index is 1170. The first kappa shape index (κ1) is 19.0. The number of carbonyl (C=O) groups is 1. The van der Waals surface area contributed by atoms with Crippen molar-refractivity contribution in [2.24, 2.45) is 16.3 Å². The number of nitrogens with zero attached hydrogens (tertiary/aromatic N) is 2. The van der Waals surface area contributed by atoms with E-state index in [1.807, 2.05) is 24.3 Å².